The van der Waals surface area contributed by atoms with Crippen LogP contribution in [0.4, 0.5) is 0 Å². The second-order valence-corrected chi connectivity index (χ2v) is 6.83. The van der Waals surface area contributed by atoms with Crippen LogP contribution in [0.25, 0.3) is 0 Å². The van der Waals surface area contributed by atoms with E-state index in [1.54, 1.807) is 6.07 Å². The summed E-state index contributed by atoms with van der Waals surface area (Å²) in [6.07, 6.45) is 0. The van der Waals surface area contributed by atoms with E-state index >= 15 is 0 Å². The minimum Gasteiger partial charge on any atom is -0.212 e. The smallest absolute Gasteiger partial charge is 0.212 e. The first-order valence-electron chi connectivity index (χ1n) is 3.05. The van der Waals surface area contributed by atoms with E-state index in [0.717, 1.165) is 4.88 Å². The molecule has 0 amide bonds. The molecule has 0 spiro atoms. The Morgan fingerprint density at radius 2 is 2.17 bits per heavy atom. The maximum absolute atomic E-state index is 10.7. The van der Waals surface area contributed by atoms with Crippen LogP contribution in [0.5, 0.6) is 0 Å². The van der Waals surface area contributed by atoms with Crippen molar-refractivity contribution in [3.63, 3.8) is 0 Å². The molecule has 1 rings (SSSR count). The van der Waals surface area contributed by atoms with Gasteiger partial charge in [0.15, 0.2) is 0 Å². The summed E-state index contributed by atoms with van der Waals surface area (Å²) in [5.74, 6) is -0.146. The molecule has 0 atom stereocenters. The van der Waals surface area contributed by atoms with Crippen LogP contribution in [-0.4, -0.2) is 8.42 Å². The lowest BCUT2D eigenvalue weighted by molar-refractivity contribution is 0.609. The standard InChI is InChI=1S/C6H6Cl2O2S2/c1-4-6(7)2-5(11-4)3-12(8,9)10/h2H,3H2,1H3. The van der Waals surface area contributed by atoms with Crippen LogP contribution in [0.3, 0.4) is 0 Å². The van der Waals surface area contributed by atoms with E-state index in [1.807, 2.05) is 6.92 Å². The average Bonchev–Trinajstić information content (AvgIpc) is 2.07. The molecule has 1 heterocycles. The number of halogens is 2. The minimum absolute atomic E-state index is 0.146. The van der Waals surface area contributed by atoms with E-state index < -0.39 is 9.05 Å². The van der Waals surface area contributed by atoms with Crippen molar-refractivity contribution in [3.05, 3.63) is 20.8 Å². The van der Waals surface area contributed by atoms with Crippen molar-refractivity contribution < 1.29 is 8.42 Å². The first kappa shape index (κ1) is 10.3. The molecule has 0 N–H and O–H groups in total. The first-order chi connectivity index (χ1) is 5.38. The zero-order valence-electron chi connectivity index (χ0n) is 6.17. The van der Waals surface area contributed by atoms with Gasteiger partial charge in [-0.1, -0.05) is 11.6 Å². The number of rotatable bonds is 2. The van der Waals surface area contributed by atoms with E-state index in [2.05, 4.69) is 0 Å². The van der Waals surface area contributed by atoms with Crippen LogP contribution in [0.15, 0.2) is 6.07 Å². The maximum Gasteiger partial charge on any atom is 0.237 e. The second-order valence-electron chi connectivity index (χ2n) is 2.30. The fraction of sp³-hybridized carbons (Fsp3) is 0.333. The van der Waals surface area contributed by atoms with Crippen molar-refractivity contribution in [1.82, 2.24) is 0 Å². The van der Waals surface area contributed by atoms with E-state index in [4.69, 9.17) is 22.3 Å². The third-order valence-corrected chi connectivity index (χ3v) is 3.94. The SMILES string of the molecule is Cc1sc(CS(=O)(=O)Cl)cc1Cl. The molecule has 6 heteroatoms. The summed E-state index contributed by atoms with van der Waals surface area (Å²) in [4.78, 5) is 1.58. The van der Waals surface area contributed by atoms with Crippen molar-refractivity contribution in [3.8, 4) is 0 Å². The molecule has 1 aromatic rings. The van der Waals surface area contributed by atoms with E-state index in [1.165, 1.54) is 11.3 Å². The summed E-state index contributed by atoms with van der Waals surface area (Å²) < 4.78 is 21.3. The van der Waals surface area contributed by atoms with Gasteiger partial charge in [-0.15, -0.1) is 11.3 Å². The molecule has 0 aromatic carbocycles. The van der Waals surface area contributed by atoms with Gasteiger partial charge < -0.3 is 0 Å². The maximum atomic E-state index is 10.7. The second kappa shape index (κ2) is 3.54. The van der Waals surface area contributed by atoms with Crippen LogP contribution in [0.1, 0.15) is 9.75 Å². The number of thiophene rings is 1. The molecule has 0 aliphatic carbocycles. The minimum atomic E-state index is -3.46. The zero-order valence-corrected chi connectivity index (χ0v) is 9.32. The summed E-state index contributed by atoms with van der Waals surface area (Å²) in [7, 11) is 1.61. The van der Waals surface area contributed by atoms with Crippen molar-refractivity contribution in [2.45, 2.75) is 12.7 Å². The Morgan fingerprint density at radius 1 is 1.58 bits per heavy atom. The highest BCUT2D eigenvalue weighted by Gasteiger charge is 2.10. The van der Waals surface area contributed by atoms with Gasteiger partial charge in [-0.05, 0) is 13.0 Å². The van der Waals surface area contributed by atoms with Gasteiger partial charge in [-0.25, -0.2) is 8.42 Å². The number of hydrogen-bond donors (Lipinski definition) is 0. The van der Waals surface area contributed by atoms with Crippen molar-refractivity contribution >= 4 is 42.7 Å². The van der Waals surface area contributed by atoms with Gasteiger partial charge in [0, 0.05) is 20.4 Å². The summed E-state index contributed by atoms with van der Waals surface area (Å²) in [6.45, 7) is 1.83. The van der Waals surface area contributed by atoms with E-state index in [-0.39, 0.29) is 5.75 Å². The molecule has 0 radical (unpaired) electrons. The zero-order chi connectivity index (χ0) is 9.35. The van der Waals surface area contributed by atoms with Gasteiger partial charge >= 0.3 is 0 Å². The molecule has 0 aliphatic heterocycles. The lowest BCUT2D eigenvalue weighted by Crippen LogP contribution is -1.91. The van der Waals surface area contributed by atoms with Crippen LogP contribution in [0.2, 0.25) is 5.02 Å². The molecule has 12 heavy (non-hydrogen) atoms. The Bertz CT molecular complexity index is 361. The Kier molecular flexibility index (Phi) is 3.04. The molecule has 1 aromatic heterocycles. The van der Waals surface area contributed by atoms with Gasteiger partial charge in [0.2, 0.25) is 9.05 Å². The lowest BCUT2D eigenvalue weighted by atomic mass is 10.4. The highest BCUT2D eigenvalue weighted by Crippen LogP contribution is 2.27. The average molecular weight is 245 g/mol. The van der Waals surface area contributed by atoms with E-state index in [9.17, 15) is 8.42 Å². The largest absolute Gasteiger partial charge is 0.237 e. The third-order valence-electron chi connectivity index (χ3n) is 1.22. The Balaban J connectivity index is 2.92. The van der Waals surface area contributed by atoms with Gasteiger partial charge in [0.1, 0.15) is 0 Å². The van der Waals surface area contributed by atoms with Gasteiger partial charge in [0.25, 0.3) is 0 Å². The molecular weight excluding hydrogens is 239 g/mol. The summed E-state index contributed by atoms with van der Waals surface area (Å²) in [6, 6.07) is 1.63. The highest BCUT2D eigenvalue weighted by atomic mass is 35.7. The van der Waals surface area contributed by atoms with Gasteiger partial charge in [0.05, 0.1) is 10.8 Å². The fourth-order valence-corrected chi connectivity index (χ4v) is 3.47. The molecule has 0 saturated carbocycles. The molecule has 0 fully saturated rings. The fourth-order valence-electron chi connectivity index (χ4n) is 0.759. The van der Waals surface area contributed by atoms with Crippen LogP contribution in [-0.2, 0) is 14.8 Å². The number of aryl methyl sites for hydroxylation is 1. The topological polar surface area (TPSA) is 34.1 Å². The first-order valence-corrected chi connectivity index (χ1v) is 6.73. The third kappa shape index (κ3) is 2.94. The molecule has 2 nitrogen and oxygen atoms in total. The number of hydrogen-bond acceptors (Lipinski definition) is 3. The highest BCUT2D eigenvalue weighted by molar-refractivity contribution is 8.13. The predicted molar refractivity (Wildman–Crippen MR) is 52.5 cm³/mol. The van der Waals surface area contributed by atoms with Crippen LogP contribution in [0, 0.1) is 6.92 Å². The molecule has 0 aliphatic rings. The molecule has 0 saturated heterocycles. The monoisotopic (exact) mass is 244 g/mol. The van der Waals surface area contributed by atoms with Crippen molar-refractivity contribution in [2.24, 2.45) is 0 Å². The molecule has 0 unspecified atom stereocenters. The van der Waals surface area contributed by atoms with Gasteiger partial charge in [-0.2, -0.15) is 0 Å². The quantitative estimate of drug-likeness (QED) is 0.751. The van der Waals surface area contributed by atoms with Crippen LogP contribution >= 0.6 is 33.6 Å². The van der Waals surface area contributed by atoms with Crippen molar-refractivity contribution in [1.29, 1.82) is 0 Å². The van der Waals surface area contributed by atoms with Crippen LogP contribution < -0.4 is 0 Å². The Hall–Kier alpha value is 0.230. The molecule has 68 valence electrons. The lowest BCUT2D eigenvalue weighted by Gasteiger charge is -1.88. The summed E-state index contributed by atoms with van der Waals surface area (Å²) >= 11 is 7.08. The van der Waals surface area contributed by atoms with Crippen molar-refractivity contribution in [2.75, 3.05) is 0 Å². The summed E-state index contributed by atoms with van der Waals surface area (Å²) in [5, 5.41) is 0.593. The predicted octanol–water partition coefficient (Wildman–Crippen LogP) is 2.78. The molecule has 0 bridgehead atoms. The van der Waals surface area contributed by atoms with Gasteiger partial charge in [-0.3, -0.25) is 0 Å². The molecular formula is C6H6Cl2O2S2. The Labute approximate surface area is 84.5 Å². The van der Waals surface area contributed by atoms with E-state index in [0.29, 0.717) is 9.90 Å². The Morgan fingerprint density at radius 3 is 2.50 bits per heavy atom. The summed E-state index contributed by atoms with van der Waals surface area (Å²) in [5.41, 5.74) is 0. The normalized spacial score (nSPS) is 11.9.